The molecular weight excluding hydrogens is 402 g/mol. The predicted molar refractivity (Wildman–Crippen MR) is 117 cm³/mol. The highest BCUT2D eigenvalue weighted by molar-refractivity contribution is 7.17. The molecule has 2 N–H and O–H groups in total. The lowest BCUT2D eigenvalue weighted by Crippen LogP contribution is -2.36. The fourth-order valence-electron chi connectivity index (χ4n) is 4.28. The Bertz CT molecular complexity index is 869. The molecule has 0 aromatic carbocycles. The Morgan fingerprint density at radius 3 is 2.43 bits per heavy atom. The molecule has 1 aromatic rings. The third-order valence-corrected chi connectivity index (χ3v) is 7.47. The summed E-state index contributed by atoms with van der Waals surface area (Å²) in [7, 11) is 0. The molecule has 0 aliphatic heterocycles. The SMILES string of the molecule is CCCCOC(=O)c1c(NC(=O)C2CC(C)=C(C)CC2C(=O)O)sc2c1CCCC2. The number of nitrogens with one attached hydrogen (secondary N) is 1. The molecule has 3 rings (SSSR count). The van der Waals surface area contributed by atoms with Crippen molar-refractivity contribution in [1.82, 2.24) is 0 Å². The number of thiophene rings is 1. The first-order valence-corrected chi connectivity index (χ1v) is 11.7. The highest BCUT2D eigenvalue weighted by Gasteiger charge is 2.38. The van der Waals surface area contributed by atoms with E-state index in [1.165, 1.54) is 11.3 Å². The van der Waals surface area contributed by atoms with Crippen molar-refractivity contribution in [2.45, 2.75) is 72.1 Å². The first-order valence-electron chi connectivity index (χ1n) is 10.8. The standard InChI is InChI=1S/C23H31NO5S/c1-4-5-10-29-23(28)19-15-8-6-7-9-18(15)30-21(19)24-20(25)16-11-13(2)14(3)12-17(16)22(26)27/h16-17H,4-12H2,1-3H3,(H,24,25)(H,26,27). The molecule has 0 fully saturated rings. The molecule has 30 heavy (non-hydrogen) atoms. The van der Waals surface area contributed by atoms with Crippen molar-refractivity contribution in [3.05, 3.63) is 27.2 Å². The molecule has 2 aliphatic rings. The number of hydrogen-bond donors (Lipinski definition) is 2. The molecule has 1 heterocycles. The second-order valence-corrected chi connectivity index (χ2v) is 9.52. The number of fused-ring (bicyclic) bond motifs is 1. The summed E-state index contributed by atoms with van der Waals surface area (Å²) < 4.78 is 5.47. The van der Waals surface area contributed by atoms with Crippen LogP contribution in [0.15, 0.2) is 11.1 Å². The van der Waals surface area contributed by atoms with E-state index in [0.717, 1.165) is 60.1 Å². The van der Waals surface area contributed by atoms with Crippen LogP contribution in [0, 0.1) is 11.8 Å². The van der Waals surface area contributed by atoms with Gasteiger partial charge in [-0.05, 0) is 64.4 Å². The number of anilines is 1. The number of allylic oxidation sites excluding steroid dienone is 2. The van der Waals surface area contributed by atoms with Gasteiger partial charge in [-0.1, -0.05) is 24.5 Å². The molecule has 0 saturated carbocycles. The first-order chi connectivity index (χ1) is 14.3. The second kappa shape index (κ2) is 9.77. The zero-order chi connectivity index (χ0) is 21.8. The topological polar surface area (TPSA) is 92.7 Å². The molecule has 2 atom stereocenters. The zero-order valence-corrected chi connectivity index (χ0v) is 18.8. The quantitative estimate of drug-likeness (QED) is 0.360. The van der Waals surface area contributed by atoms with Crippen LogP contribution in [-0.4, -0.2) is 29.6 Å². The van der Waals surface area contributed by atoms with Gasteiger partial charge in [0.05, 0.1) is 24.0 Å². The minimum Gasteiger partial charge on any atom is -0.481 e. The van der Waals surface area contributed by atoms with Crippen molar-refractivity contribution in [1.29, 1.82) is 0 Å². The lowest BCUT2D eigenvalue weighted by Gasteiger charge is -2.29. The van der Waals surface area contributed by atoms with Crippen LogP contribution in [0.25, 0.3) is 0 Å². The highest BCUT2D eigenvalue weighted by Crippen LogP contribution is 2.40. The molecule has 0 radical (unpaired) electrons. The van der Waals surface area contributed by atoms with E-state index in [0.29, 0.717) is 30.0 Å². The van der Waals surface area contributed by atoms with Crippen LogP contribution in [0.5, 0.6) is 0 Å². The Morgan fingerprint density at radius 1 is 1.10 bits per heavy atom. The molecule has 1 aromatic heterocycles. The minimum atomic E-state index is -0.952. The normalized spacial score (nSPS) is 21.2. The van der Waals surface area contributed by atoms with E-state index < -0.39 is 17.8 Å². The molecule has 7 heteroatoms. The largest absolute Gasteiger partial charge is 0.481 e. The van der Waals surface area contributed by atoms with E-state index in [4.69, 9.17) is 4.74 Å². The molecule has 164 valence electrons. The van der Waals surface area contributed by atoms with Gasteiger partial charge in [-0.25, -0.2) is 4.79 Å². The average molecular weight is 434 g/mol. The Hall–Kier alpha value is -2.15. The van der Waals surface area contributed by atoms with Crippen molar-refractivity contribution in [2.24, 2.45) is 11.8 Å². The maximum Gasteiger partial charge on any atom is 0.341 e. The Kier molecular flexibility index (Phi) is 7.34. The van der Waals surface area contributed by atoms with E-state index in [2.05, 4.69) is 5.32 Å². The average Bonchev–Trinajstić information content (AvgIpc) is 3.07. The van der Waals surface area contributed by atoms with Crippen LogP contribution in [0.1, 0.15) is 80.1 Å². The molecule has 0 saturated heterocycles. The maximum absolute atomic E-state index is 13.1. The zero-order valence-electron chi connectivity index (χ0n) is 18.0. The second-order valence-electron chi connectivity index (χ2n) is 8.41. The van der Waals surface area contributed by atoms with E-state index >= 15 is 0 Å². The van der Waals surface area contributed by atoms with Gasteiger partial charge in [0.1, 0.15) is 5.00 Å². The summed E-state index contributed by atoms with van der Waals surface area (Å²) in [4.78, 5) is 38.9. The van der Waals surface area contributed by atoms with Crippen molar-refractivity contribution in [3.8, 4) is 0 Å². The number of carbonyl (C=O) groups is 3. The van der Waals surface area contributed by atoms with Crippen LogP contribution < -0.4 is 5.32 Å². The van der Waals surface area contributed by atoms with Gasteiger partial charge >= 0.3 is 11.9 Å². The fraction of sp³-hybridized carbons (Fsp3) is 0.609. The third kappa shape index (κ3) is 4.77. The van der Waals surface area contributed by atoms with Crippen molar-refractivity contribution in [3.63, 3.8) is 0 Å². The van der Waals surface area contributed by atoms with Gasteiger partial charge in [-0.3, -0.25) is 9.59 Å². The monoisotopic (exact) mass is 433 g/mol. The number of ether oxygens (including phenoxy) is 1. The summed E-state index contributed by atoms with van der Waals surface area (Å²) in [5, 5.41) is 13.1. The van der Waals surface area contributed by atoms with Crippen molar-refractivity contribution < 1.29 is 24.2 Å². The number of rotatable bonds is 7. The molecule has 0 bridgehead atoms. The summed E-state index contributed by atoms with van der Waals surface area (Å²) in [5.74, 6) is -3.05. The van der Waals surface area contributed by atoms with Crippen molar-refractivity contribution >= 4 is 34.2 Å². The van der Waals surface area contributed by atoms with Crippen LogP contribution in [0.4, 0.5) is 5.00 Å². The van der Waals surface area contributed by atoms with E-state index in [-0.39, 0.29) is 11.9 Å². The molecular formula is C23H31NO5S. The van der Waals surface area contributed by atoms with Gasteiger partial charge in [0, 0.05) is 4.88 Å². The summed E-state index contributed by atoms with van der Waals surface area (Å²) in [6.07, 6.45) is 6.32. The number of amides is 1. The number of aliphatic carboxylic acids is 1. The Balaban J connectivity index is 1.86. The number of aryl methyl sites for hydroxylation is 1. The van der Waals surface area contributed by atoms with Gasteiger partial charge in [0.2, 0.25) is 5.91 Å². The minimum absolute atomic E-state index is 0.324. The van der Waals surface area contributed by atoms with Crippen LogP contribution in [0.2, 0.25) is 0 Å². The molecule has 6 nitrogen and oxygen atoms in total. The van der Waals surface area contributed by atoms with Crippen LogP contribution >= 0.6 is 11.3 Å². The number of carbonyl (C=O) groups excluding carboxylic acids is 2. The number of carboxylic acid groups (broad SMARTS) is 1. The highest BCUT2D eigenvalue weighted by atomic mass is 32.1. The van der Waals surface area contributed by atoms with Crippen LogP contribution in [-0.2, 0) is 27.2 Å². The summed E-state index contributed by atoms with van der Waals surface area (Å²) >= 11 is 1.44. The molecule has 0 spiro atoms. The summed E-state index contributed by atoms with van der Waals surface area (Å²) in [5.41, 5.74) is 3.58. The molecule has 2 aliphatic carbocycles. The maximum atomic E-state index is 13.1. The summed E-state index contributed by atoms with van der Waals surface area (Å²) in [6.45, 7) is 6.28. The number of hydrogen-bond acceptors (Lipinski definition) is 5. The van der Waals surface area contributed by atoms with Gasteiger partial charge < -0.3 is 15.2 Å². The van der Waals surface area contributed by atoms with E-state index in [1.807, 2.05) is 20.8 Å². The fourth-order valence-corrected chi connectivity index (χ4v) is 5.56. The van der Waals surface area contributed by atoms with Crippen LogP contribution in [0.3, 0.4) is 0 Å². The summed E-state index contributed by atoms with van der Waals surface area (Å²) in [6, 6.07) is 0. The van der Waals surface area contributed by atoms with Crippen molar-refractivity contribution in [2.75, 3.05) is 11.9 Å². The number of esters is 1. The third-order valence-electron chi connectivity index (χ3n) is 6.26. The Morgan fingerprint density at radius 2 is 1.77 bits per heavy atom. The van der Waals surface area contributed by atoms with E-state index in [1.54, 1.807) is 0 Å². The molecule has 2 unspecified atom stereocenters. The molecule has 1 amide bonds. The smallest absolute Gasteiger partial charge is 0.341 e. The number of carboxylic acids is 1. The predicted octanol–water partition coefficient (Wildman–Crippen LogP) is 4.97. The lowest BCUT2D eigenvalue weighted by molar-refractivity contribution is -0.146. The Labute approximate surface area is 181 Å². The van der Waals surface area contributed by atoms with Gasteiger partial charge in [0.25, 0.3) is 0 Å². The lowest BCUT2D eigenvalue weighted by atomic mass is 9.76. The van der Waals surface area contributed by atoms with Gasteiger partial charge in [-0.15, -0.1) is 11.3 Å². The van der Waals surface area contributed by atoms with E-state index in [9.17, 15) is 19.5 Å². The number of unbranched alkanes of at least 4 members (excludes halogenated alkanes) is 1. The van der Waals surface area contributed by atoms with Gasteiger partial charge in [0.15, 0.2) is 0 Å². The first kappa shape index (κ1) is 22.5. The van der Waals surface area contributed by atoms with Gasteiger partial charge in [-0.2, -0.15) is 0 Å².